The first-order valence-corrected chi connectivity index (χ1v) is 7.54. The molecular formula is C18H16N2O4. The van der Waals surface area contributed by atoms with E-state index in [1.54, 1.807) is 12.1 Å². The lowest BCUT2D eigenvalue weighted by atomic mass is 9.96. The highest BCUT2D eigenvalue weighted by molar-refractivity contribution is 6.08. The zero-order valence-electron chi connectivity index (χ0n) is 12.8. The summed E-state index contributed by atoms with van der Waals surface area (Å²) in [6.45, 7) is 0. The third-order valence-corrected chi connectivity index (χ3v) is 3.69. The van der Waals surface area contributed by atoms with Crippen LogP contribution in [-0.4, -0.2) is 22.6 Å². The highest BCUT2D eigenvalue weighted by Crippen LogP contribution is 2.21. The van der Waals surface area contributed by atoms with Gasteiger partial charge in [0.25, 0.3) is 0 Å². The van der Waals surface area contributed by atoms with E-state index in [1.807, 2.05) is 30.3 Å². The maximum Gasteiger partial charge on any atom is 0.230 e. The Kier molecular flexibility index (Phi) is 4.56. The molecule has 0 bridgehead atoms. The number of imide groups is 1. The van der Waals surface area contributed by atoms with Crippen molar-refractivity contribution >= 4 is 17.5 Å². The van der Waals surface area contributed by atoms with Crippen molar-refractivity contribution in [2.45, 2.75) is 12.8 Å². The molecule has 0 spiro atoms. The Balaban J connectivity index is 1.83. The molecule has 0 aliphatic carbocycles. The Morgan fingerprint density at radius 3 is 2.62 bits per heavy atom. The molecule has 2 aromatic rings. The second-order valence-electron chi connectivity index (χ2n) is 5.51. The van der Waals surface area contributed by atoms with Crippen LogP contribution in [0.25, 0.3) is 0 Å². The molecule has 3 rings (SSSR count). The summed E-state index contributed by atoms with van der Waals surface area (Å²) < 4.78 is 0. The average Bonchev–Trinajstić information content (AvgIpc) is 2.89. The van der Waals surface area contributed by atoms with E-state index < -0.39 is 5.92 Å². The Hall–Kier alpha value is -3.15. The second kappa shape index (κ2) is 6.95. The molecule has 122 valence electrons. The van der Waals surface area contributed by atoms with Gasteiger partial charge in [-0.1, -0.05) is 41.6 Å². The van der Waals surface area contributed by atoms with Gasteiger partial charge in [0.15, 0.2) is 5.75 Å². The molecular weight excluding hydrogens is 308 g/mol. The number of nitrogens with zero attached hydrogens (tertiary/aromatic N) is 1. The smallest absolute Gasteiger partial charge is 0.230 e. The van der Waals surface area contributed by atoms with Gasteiger partial charge in [0, 0.05) is 18.9 Å². The maximum absolute atomic E-state index is 11.8. The molecule has 1 aliphatic heterocycles. The van der Waals surface area contributed by atoms with Crippen LogP contribution in [0.4, 0.5) is 0 Å². The fourth-order valence-electron chi connectivity index (χ4n) is 2.49. The monoisotopic (exact) mass is 324 g/mol. The molecule has 1 fully saturated rings. The molecule has 1 atom stereocenters. The quantitative estimate of drug-likeness (QED) is 0.501. The van der Waals surface area contributed by atoms with E-state index in [9.17, 15) is 14.7 Å². The van der Waals surface area contributed by atoms with Gasteiger partial charge in [-0.2, -0.15) is 0 Å². The zero-order valence-corrected chi connectivity index (χ0v) is 12.8. The van der Waals surface area contributed by atoms with Crippen LogP contribution in [0.3, 0.4) is 0 Å². The lowest BCUT2D eigenvalue weighted by molar-refractivity contribution is -0.125. The predicted molar refractivity (Wildman–Crippen MR) is 87.6 cm³/mol. The van der Waals surface area contributed by atoms with Crippen LogP contribution in [0, 0.1) is 5.92 Å². The van der Waals surface area contributed by atoms with Gasteiger partial charge >= 0.3 is 0 Å². The number of nitrogens with one attached hydrogen (secondary N) is 1. The third-order valence-electron chi connectivity index (χ3n) is 3.69. The van der Waals surface area contributed by atoms with Gasteiger partial charge in [0.05, 0.1) is 11.6 Å². The molecule has 2 N–H and O–H groups in total. The standard InChI is InChI=1S/C18H16N2O4/c21-14-7-4-8-15(11-14)24-20-16(12-5-2-1-3-6-12)9-13-10-17(22)19-18(13)23/h1-8,11,13,21H,9-10H2,(H,19,22,23)/b20-16+. The number of benzene rings is 2. The van der Waals surface area contributed by atoms with Gasteiger partial charge in [-0.05, 0) is 17.7 Å². The number of carbonyl (C=O) groups is 2. The molecule has 2 amide bonds. The van der Waals surface area contributed by atoms with Crippen LogP contribution in [0.5, 0.6) is 11.5 Å². The summed E-state index contributed by atoms with van der Waals surface area (Å²) in [5.74, 6) is -0.559. The van der Waals surface area contributed by atoms with E-state index in [0.717, 1.165) is 5.56 Å². The number of phenolic OH excluding ortho intramolecular Hbond substituents is 1. The van der Waals surface area contributed by atoms with Gasteiger partial charge in [0.2, 0.25) is 11.8 Å². The minimum Gasteiger partial charge on any atom is -0.508 e. The average molecular weight is 324 g/mol. The summed E-state index contributed by atoms with van der Waals surface area (Å²) >= 11 is 0. The number of oxime groups is 1. The van der Waals surface area contributed by atoms with Crippen molar-refractivity contribution in [2.75, 3.05) is 0 Å². The lowest BCUT2D eigenvalue weighted by Crippen LogP contribution is -2.23. The van der Waals surface area contributed by atoms with Crippen LogP contribution in [0.15, 0.2) is 59.8 Å². The number of carbonyl (C=O) groups excluding carboxylic acids is 2. The summed E-state index contributed by atoms with van der Waals surface area (Å²) in [6, 6.07) is 15.6. The Bertz CT molecular complexity index is 787. The third kappa shape index (κ3) is 3.78. The molecule has 6 heteroatoms. The molecule has 0 radical (unpaired) electrons. The molecule has 0 aromatic heterocycles. The Labute approximate surface area is 138 Å². The number of hydrogen-bond donors (Lipinski definition) is 2. The van der Waals surface area contributed by atoms with Gasteiger partial charge in [-0.25, -0.2) is 0 Å². The largest absolute Gasteiger partial charge is 0.508 e. The van der Waals surface area contributed by atoms with E-state index in [1.165, 1.54) is 12.1 Å². The van der Waals surface area contributed by atoms with Crippen LogP contribution < -0.4 is 10.2 Å². The van der Waals surface area contributed by atoms with Crippen LogP contribution in [-0.2, 0) is 9.59 Å². The van der Waals surface area contributed by atoms with Crippen LogP contribution in [0.1, 0.15) is 18.4 Å². The summed E-state index contributed by atoms with van der Waals surface area (Å²) in [5, 5.41) is 15.9. The summed E-state index contributed by atoms with van der Waals surface area (Å²) in [6.07, 6.45) is 0.442. The molecule has 24 heavy (non-hydrogen) atoms. The van der Waals surface area contributed by atoms with Crippen molar-refractivity contribution < 1.29 is 19.5 Å². The molecule has 2 aromatic carbocycles. The van der Waals surface area contributed by atoms with Crippen LogP contribution in [0.2, 0.25) is 0 Å². The van der Waals surface area contributed by atoms with Crippen LogP contribution >= 0.6 is 0 Å². The lowest BCUT2D eigenvalue weighted by Gasteiger charge is -2.10. The van der Waals surface area contributed by atoms with Crippen molar-refractivity contribution in [3.05, 3.63) is 60.2 Å². The Morgan fingerprint density at radius 1 is 1.17 bits per heavy atom. The molecule has 1 aliphatic rings. The van der Waals surface area contributed by atoms with E-state index in [4.69, 9.17) is 4.84 Å². The van der Waals surface area contributed by atoms with Crippen molar-refractivity contribution in [3.63, 3.8) is 0 Å². The highest BCUT2D eigenvalue weighted by Gasteiger charge is 2.31. The molecule has 0 saturated carbocycles. The first kappa shape index (κ1) is 15.7. The Morgan fingerprint density at radius 2 is 1.96 bits per heavy atom. The fourth-order valence-corrected chi connectivity index (χ4v) is 2.49. The molecule has 1 unspecified atom stereocenters. The maximum atomic E-state index is 11.8. The summed E-state index contributed by atoms with van der Waals surface area (Å²) in [7, 11) is 0. The topological polar surface area (TPSA) is 88.0 Å². The molecule has 1 saturated heterocycles. The second-order valence-corrected chi connectivity index (χ2v) is 5.51. The number of hydrogen-bond acceptors (Lipinski definition) is 5. The van der Waals surface area contributed by atoms with Crippen molar-refractivity contribution in [3.8, 4) is 11.5 Å². The molecule has 6 nitrogen and oxygen atoms in total. The highest BCUT2D eigenvalue weighted by atomic mass is 16.6. The predicted octanol–water partition coefficient (Wildman–Crippen LogP) is 2.23. The van der Waals surface area contributed by atoms with E-state index >= 15 is 0 Å². The SMILES string of the molecule is O=C1CC(C/C(=N\Oc2cccc(O)c2)c2ccccc2)C(=O)N1. The van der Waals surface area contributed by atoms with Crippen molar-refractivity contribution in [1.29, 1.82) is 0 Å². The van der Waals surface area contributed by atoms with Crippen molar-refractivity contribution in [2.24, 2.45) is 11.1 Å². The van der Waals surface area contributed by atoms with E-state index in [2.05, 4.69) is 10.5 Å². The summed E-state index contributed by atoms with van der Waals surface area (Å²) in [4.78, 5) is 28.6. The first-order valence-electron chi connectivity index (χ1n) is 7.54. The van der Waals surface area contributed by atoms with E-state index in [0.29, 0.717) is 17.9 Å². The zero-order chi connectivity index (χ0) is 16.9. The summed E-state index contributed by atoms with van der Waals surface area (Å²) in [5.41, 5.74) is 1.37. The van der Waals surface area contributed by atoms with Gasteiger partial charge in [-0.3, -0.25) is 14.9 Å². The number of phenols is 1. The van der Waals surface area contributed by atoms with Gasteiger partial charge in [-0.15, -0.1) is 0 Å². The normalized spacial score (nSPS) is 17.7. The molecule has 1 heterocycles. The van der Waals surface area contributed by atoms with Gasteiger partial charge < -0.3 is 9.94 Å². The van der Waals surface area contributed by atoms with E-state index in [-0.39, 0.29) is 24.0 Å². The minimum absolute atomic E-state index is 0.0738. The fraction of sp³-hybridized carbons (Fsp3) is 0.167. The van der Waals surface area contributed by atoms with Crippen molar-refractivity contribution in [1.82, 2.24) is 5.32 Å². The number of aromatic hydroxyl groups is 1. The first-order chi connectivity index (χ1) is 11.6. The minimum atomic E-state index is -0.454. The number of rotatable bonds is 5. The van der Waals surface area contributed by atoms with Gasteiger partial charge in [0.1, 0.15) is 5.75 Å². The number of amides is 2.